The van der Waals surface area contributed by atoms with Gasteiger partial charge in [-0.15, -0.1) is 0 Å². The zero-order valence-electron chi connectivity index (χ0n) is 9.94. The second kappa shape index (κ2) is 3.74. The van der Waals surface area contributed by atoms with Crippen LogP contribution < -0.4 is 5.73 Å². The monoisotopic (exact) mass is 262 g/mol. The number of hydrogen-bond acceptors (Lipinski definition) is 4. The summed E-state index contributed by atoms with van der Waals surface area (Å²) in [5.74, 6) is 0.978. The Hall–Kier alpha value is -2.01. The molecule has 2 heterocycles. The van der Waals surface area contributed by atoms with Crippen molar-refractivity contribution in [2.24, 2.45) is 7.05 Å². The summed E-state index contributed by atoms with van der Waals surface area (Å²) in [6, 6.07) is 3.61. The van der Waals surface area contributed by atoms with Crippen molar-refractivity contribution < 1.29 is 4.42 Å². The van der Waals surface area contributed by atoms with Gasteiger partial charge in [-0.2, -0.15) is 5.10 Å². The SMILES string of the molecule is Cc1cc(Cl)cc2nc(-c3cnn(C)c3N)oc12. The predicted octanol–water partition coefficient (Wildman–Crippen LogP) is 2.77. The minimum absolute atomic E-state index is 0.459. The number of nitrogen functional groups attached to an aromatic ring is 1. The number of benzene rings is 1. The molecule has 0 spiro atoms. The summed E-state index contributed by atoms with van der Waals surface area (Å²) < 4.78 is 7.30. The molecule has 0 radical (unpaired) electrons. The first kappa shape index (κ1) is 11.1. The van der Waals surface area contributed by atoms with Gasteiger partial charge in [-0.25, -0.2) is 4.98 Å². The van der Waals surface area contributed by atoms with E-state index < -0.39 is 0 Å². The molecule has 0 unspecified atom stereocenters. The summed E-state index contributed by atoms with van der Waals surface area (Å²) in [5, 5.41) is 4.71. The minimum atomic E-state index is 0.459. The van der Waals surface area contributed by atoms with Crippen LogP contribution in [0.25, 0.3) is 22.6 Å². The molecule has 92 valence electrons. The molecule has 18 heavy (non-hydrogen) atoms. The van der Waals surface area contributed by atoms with Gasteiger partial charge in [-0.05, 0) is 24.6 Å². The predicted molar refractivity (Wildman–Crippen MR) is 70.4 cm³/mol. The van der Waals surface area contributed by atoms with Gasteiger partial charge in [-0.1, -0.05) is 11.6 Å². The summed E-state index contributed by atoms with van der Waals surface area (Å²) in [7, 11) is 1.77. The Balaban J connectivity index is 2.25. The van der Waals surface area contributed by atoms with Crippen molar-refractivity contribution >= 4 is 28.5 Å². The smallest absolute Gasteiger partial charge is 0.232 e. The van der Waals surface area contributed by atoms with Crippen LogP contribution in [0, 0.1) is 6.92 Å². The molecule has 0 atom stereocenters. The zero-order chi connectivity index (χ0) is 12.9. The largest absolute Gasteiger partial charge is 0.436 e. The van der Waals surface area contributed by atoms with Crippen molar-refractivity contribution in [3.8, 4) is 11.5 Å². The van der Waals surface area contributed by atoms with Crippen LogP contribution >= 0.6 is 11.6 Å². The lowest BCUT2D eigenvalue weighted by Gasteiger charge is -1.95. The first-order valence-electron chi connectivity index (χ1n) is 5.41. The fourth-order valence-corrected chi connectivity index (χ4v) is 2.15. The van der Waals surface area contributed by atoms with Gasteiger partial charge in [0.2, 0.25) is 5.89 Å². The molecular formula is C12H11ClN4O. The van der Waals surface area contributed by atoms with Crippen molar-refractivity contribution in [2.45, 2.75) is 6.92 Å². The van der Waals surface area contributed by atoms with Crippen LogP contribution in [0.3, 0.4) is 0 Å². The summed E-state index contributed by atoms with van der Waals surface area (Å²) in [5.41, 5.74) is 8.97. The average Bonchev–Trinajstić information content (AvgIpc) is 2.84. The van der Waals surface area contributed by atoms with Crippen LogP contribution in [0.2, 0.25) is 5.02 Å². The Morgan fingerprint density at radius 3 is 2.83 bits per heavy atom. The third-order valence-corrected chi connectivity index (χ3v) is 3.07. The number of nitrogens with zero attached hydrogens (tertiary/aromatic N) is 3. The van der Waals surface area contributed by atoms with E-state index in [-0.39, 0.29) is 0 Å². The van der Waals surface area contributed by atoms with Crippen molar-refractivity contribution in [2.75, 3.05) is 5.73 Å². The third-order valence-electron chi connectivity index (χ3n) is 2.86. The summed E-state index contributed by atoms with van der Waals surface area (Å²) >= 11 is 5.99. The van der Waals surface area contributed by atoms with Crippen molar-refractivity contribution in [3.63, 3.8) is 0 Å². The Kier molecular flexibility index (Phi) is 2.31. The molecule has 0 aliphatic carbocycles. The quantitative estimate of drug-likeness (QED) is 0.732. The third kappa shape index (κ3) is 1.55. The minimum Gasteiger partial charge on any atom is -0.436 e. The molecule has 0 aliphatic rings. The summed E-state index contributed by atoms with van der Waals surface area (Å²) in [6.45, 7) is 1.93. The fraction of sp³-hybridized carbons (Fsp3) is 0.167. The highest BCUT2D eigenvalue weighted by Gasteiger charge is 2.15. The van der Waals surface area contributed by atoms with Gasteiger partial charge in [-0.3, -0.25) is 4.68 Å². The second-order valence-corrected chi connectivity index (χ2v) is 4.59. The molecule has 0 aliphatic heterocycles. The molecule has 3 rings (SSSR count). The molecule has 0 fully saturated rings. The van der Waals surface area contributed by atoms with Gasteiger partial charge in [0.25, 0.3) is 0 Å². The van der Waals surface area contributed by atoms with E-state index in [1.807, 2.05) is 13.0 Å². The molecule has 0 bridgehead atoms. The van der Waals surface area contributed by atoms with E-state index in [0.29, 0.717) is 22.3 Å². The highest BCUT2D eigenvalue weighted by Crippen LogP contribution is 2.31. The normalized spacial score (nSPS) is 11.3. The second-order valence-electron chi connectivity index (χ2n) is 4.16. The van der Waals surface area contributed by atoms with Crippen LogP contribution in [0.4, 0.5) is 5.82 Å². The Morgan fingerprint density at radius 1 is 1.39 bits per heavy atom. The first-order valence-corrected chi connectivity index (χ1v) is 5.78. The van der Waals surface area contributed by atoms with E-state index >= 15 is 0 Å². The van der Waals surface area contributed by atoms with Crippen LogP contribution in [0.5, 0.6) is 0 Å². The Bertz CT molecular complexity index is 744. The maximum atomic E-state index is 5.99. The number of nitrogens with two attached hydrogens (primary N) is 1. The van der Waals surface area contributed by atoms with Gasteiger partial charge in [0, 0.05) is 12.1 Å². The summed E-state index contributed by atoms with van der Waals surface area (Å²) in [4.78, 5) is 4.39. The van der Waals surface area contributed by atoms with Crippen LogP contribution in [-0.2, 0) is 7.05 Å². The lowest BCUT2D eigenvalue weighted by atomic mass is 10.2. The van der Waals surface area contributed by atoms with E-state index in [4.69, 9.17) is 21.8 Å². The molecule has 5 nitrogen and oxygen atoms in total. The number of anilines is 1. The maximum Gasteiger partial charge on any atom is 0.232 e. The first-order chi connectivity index (χ1) is 8.56. The van der Waals surface area contributed by atoms with Crippen LogP contribution in [0.15, 0.2) is 22.7 Å². The number of fused-ring (bicyclic) bond motifs is 1. The van der Waals surface area contributed by atoms with Crippen LogP contribution in [-0.4, -0.2) is 14.8 Å². The van der Waals surface area contributed by atoms with Crippen molar-refractivity contribution in [1.82, 2.24) is 14.8 Å². The lowest BCUT2D eigenvalue weighted by Crippen LogP contribution is -1.97. The molecule has 0 amide bonds. The van der Waals surface area contributed by atoms with Crippen molar-refractivity contribution in [1.29, 1.82) is 0 Å². The molecule has 2 aromatic heterocycles. The number of aromatic nitrogens is 3. The van der Waals surface area contributed by atoms with Gasteiger partial charge >= 0.3 is 0 Å². The topological polar surface area (TPSA) is 69.9 Å². The number of aryl methyl sites for hydroxylation is 2. The number of rotatable bonds is 1. The highest BCUT2D eigenvalue weighted by atomic mass is 35.5. The molecule has 0 saturated carbocycles. The molecule has 6 heteroatoms. The van der Waals surface area contributed by atoms with E-state index in [1.54, 1.807) is 24.0 Å². The van der Waals surface area contributed by atoms with E-state index in [9.17, 15) is 0 Å². The Morgan fingerprint density at radius 2 is 2.17 bits per heavy atom. The lowest BCUT2D eigenvalue weighted by molar-refractivity contribution is 0.617. The summed E-state index contributed by atoms with van der Waals surface area (Å²) in [6.07, 6.45) is 1.64. The van der Waals surface area contributed by atoms with Crippen molar-refractivity contribution in [3.05, 3.63) is 28.9 Å². The van der Waals surface area contributed by atoms with Gasteiger partial charge < -0.3 is 10.2 Å². The van der Waals surface area contributed by atoms with Crippen LogP contribution in [0.1, 0.15) is 5.56 Å². The van der Waals surface area contributed by atoms with Gasteiger partial charge in [0.15, 0.2) is 5.58 Å². The van der Waals surface area contributed by atoms with E-state index in [0.717, 1.165) is 16.7 Å². The highest BCUT2D eigenvalue weighted by molar-refractivity contribution is 6.31. The van der Waals surface area contributed by atoms with Gasteiger partial charge in [0.1, 0.15) is 11.3 Å². The molecule has 3 aromatic rings. The van der Waals surface area contributed by atoms with E-state index in [1.165, 1.54) is 0 Å². The number of oxazole rings is 1. The number of hydrogen-bond donors (Lipinski definition) is 1. The fourth-order valence-electron chi connectivity index (χ4n) is 1.88. The molecule has 0 saturated heterocycles. The standard InChI is InChI=1S/C12H11ClN4O/c1-6-3-7(13)4-9-10(6)18-12(16-9)8-5-15-17(2)11(8)14/h3-5H,14H2,1-2H3. The maximum absolute atomic E-state index is 5.99. The van der Waals surface area contributed by atoms with E-state index in [2.05, 4.69) is 10.1 Å². The Labute approximate surface area is 108 Å². The number of halogens is 1. The molecule has 2 N–H and O–H groups in total. The zero-order valence-corrected chi connectivity index (χ0v) is 10.7. The van der Waals surface area contributed by atoms with Gasteiger partial charge in [0.05, 0.1) is 11.8 Å². The molecular weight excluding hydrogens is 252 g/mol. The average molecular weight is 263 g/mol. The molecule has 1 aromatic carbocycles.